The normalized spacial score (nSPS) is 10.7. The zero-order valence-electron chi connectivity index (χ0n) is 11.2. The summed E-state index contributed by atoms with van der Waals surface area (Å²) in [6, 6.07) is 15.0. The van der Waals surface area contributed by atoms with Gasteiger partial charge >= 0.3 is 0 Å². The van der Waals surface area contributed by atoms with Crippen molar-refractivity contribution in [1.82, 2.24) is 0 Å². The zero-order valence-corrected chi connectivity index (χ0v) is 12.8. The van der Waals surface area contributed by atoms with Crippen molar-refractivity contribution >= 4 is 27.8 Å². The fourth-order valence-corrected chi connectivity index (χ4v) is 1.99. The summed E-state index contributed by atoms with van der Waals surface area (Å²) in [5.41, 5.74) is 1.65. The van der Waals surface area contributed by atoms with Gasteiger partial charge in [0.2, 0.25) is 0 Å². The molecule has 0 aliphatic carbocycles. The Hall–Kier alpha value is -1.87. The van der Waals surface area contributed by atoms with E-state index in [-0.39, 0.29) is 5.78 Å². The summed E-state index contributed by atoms with van der Waals surface area (Å²) < 4.78 is 6.37. The Balaban J connectivity index is 2.05. The third kappa shape index (κ3) is 4.07. The van der Waals surface area contributed by atoms with E-state index in [1.807, 2.05) is 49.4 Å². The van der Waals surface area contributed by atoms with Crippen LogP contribution in [0.2, 0.25) is 0 Å². The first-order chi connectivity index (χ1) is 9.69. The highest BCUT2D eigenvalue weighted by atomic mass is 79.9. The molecule has 0 heterocycles. The van der Waals surface area contributed by atoms with Crippen LogP contribution in [0.4, 0.5) is 0 Å². The number of ether oxygens (including phenoxy) is 1. The molecule has 0 saturated carbocycles. The standard InChI is InChI=1S/C17H15BrO2/c1-2-20-16-10-6-14(7-11-16)17(19)12-5-13-3-8-15(18)9-4-13/h3-12H,2H2,1H3. The van der Waals surface area contributed by atoms with Crippen LogP contribution in [0, 0.1) is 0 Å². The highest BCUT2D eigenvalue weighted by molar-refractivity contribution is 9.10. The number of rotatable bonds is 5. The molecule has 102 valence electrons. The van der Waals surface area contributed by atoms with E-state index in [1.165, 1.54) is 0 Å². The molecule has 2 rings (SSSR count). The van der Waals surface area contributed by atoms with Crippen LogP contribution in [0.1, 0.15) is 22.8 Å². The van der Waals surface area contributed by atoms with Gasteiger partial charge in [0.1, 0.15) is 5.75 Å². The van der Waals surface area contributed by atoms with Crippen molar-refractivity contribution in [2.45, 2.75) is 6.92 Å². The number of hydrogen-bond donors (Lipinski definition) is 0. The van der Waals surface area contributed by atoms with Crippen molar-refractivity contribution in [2.75, 3.05) is 6.61 Å². The molecule has 3 heteroatoms. The number of halogens is 1. The van der Waals surface area contributed by atoms with E-state index in [9.17, 15) is 4.79 Å². The fraction of sp³-hybridized carbons (Fsp3) is 0.118. The largest absolute Gasteiger partial charge is 0.494 e. The molecule has 0 amide bonds. The second-order valence-electron chi connectivity index (χ2n) is 4.21. The predicted molar refractivity (Wildman–Crippen MR) is 85.1 cm³/mol. The lowest BCUT2D eigenvalue weighted by Gasteiger charge is -2.02. The molecule has 2 nitrogen and oxygen atoms in total. The van der Waals surface area contributed by atoms with E-state index in [4.69, 9.17) is 4.74 Å². The van der Waals surface area contributed by atoms with Crippen LogP contribution in [-0.2, 0) is 0 Å². The molecule has 0 aliphatic heterocycles. The van der Waals surface area contributed by atoms with Gasteiger partial charge in [-0.2, -0.15) is 0 Å². The number of hydrogen-bond acceptors (Lipinski definition) is 2. The first kappa shape index (κ1) is 14.5. The first-order valence-electron chi connectivity index (χ1n) is 6.40. The van der Waals surface area contributed by atoms with Gasteiger partial charge in [0.15, 0.2) is 5.78 Å². The number of carbonyl (C=O) groups excluding carboxylic acids is 1. The van der Waals surface area contributed by atoms with Gasteiger partial charge < -0.3 is 4.74 Å². The SMILES string of the molecule is CCOc1ccc(C(=O)C=Cc2ccc(Br)cc2)cc1. The number of ketones is 1. The van der Waals surface area contributed by atoms with Crippen molar-refractivity contribution in [3.63, 3.8) is 0 Å². The lowest BCUT2D eigenvalue weighted by molar-refractivity contribution is 0.104. The van der Waals surface area contributed by atoms with Gasteiger partial charge in [0.05, 0.1) is 6.61 Å². The summed E-state index contributed by atoms with van der Waals surface area (Å²) in [5, 5.41) is 0. The maximum absolute atomic E-state index is 12.0. The van der Waals surface area contributed by atoms with Crippen molar-refractivity contribution in [1.29, 1.82) is 0 Å². The molecule has 2 aromatic rings. The Morgan fingerprint density at radius 2 is 1.75 bits per heavy atom. The molecule has 20 heavy (non-hydrogen) atoms. The van der Waals surface area contributed by atoms with Crippen LogP contribution in [0.5, 0.6) is 5.75 Å². The van der Waals surface area contributed by atoms with E-state index >= 15 is 0 Å². The molecule has 0 unspecified atom stereocenters. The molecule has 0 spiro atoms. The van der Waals surface area contributed by atoms with Crippen LogP contribution in [-0.4, -0.2) is 12.4 Å². The van der Waals surface area contributed by atoms with Crippen LogP contribution in [0.3, 0.4) is 0 Å². The molecular formula is C17H15BrO2. The first-order valence-corrected chi connectivity index (χ1v) is 7.19. The average Bonchev–Trinajstić information content (AvgIpc) is 2.47. The number of allylic oxidation sites excluding steroid dienone is 1. The molecule has 0 saturated heterocycles. The van der Waals surface area contributed by atoms with Gasteiger partial charge in [0, 0.05) is 10.0 Å². The minimum atomic E-state index is -0.0176. The zero-order chi connectivity index (χ0) is 14.4. The monoisotopic (exact) mass is 330 g/mol. The highest BCUT2D eigenvalue weighted by Gasteiger charge is 2.01. The predicted octanol–water partition coefficient (Wildman–Crippen LogP) is 4.74. The van der Waals surface area contributed by atoms with Crippen molar-refractivity contribution < 1.29 is 9.53 Å². The third-order valence-corrected chi connectivity index (χ3v) is 3.28. The molecule has 2 aromatic carbocycles. The Morgan fingerprint density at radius 3 is 2.35 bits per heavy atom. The Kier molecular flexibility index (Phi) is 5.13. The van der Waals surface area contributed by atoms with Crippen LogP contribution in [0.15, 0.2) is 59.1 Å². The van der Waals surface area contributed by atoms with Crippen molar-refractivity contribution in [3.05, 3.63) is 70.2 Å². The van der Waals surface area contributed by atoms with Gasteiger partial charge in [0.25, 0.3) is 0 Å². The van der Waals surface area contributed by atoms with E-state index in [0.29, 0.717) is 12.2 Å². The summed E-state index contributed by atoms with van der Waals surface area (Å²) in [5.74, 6) is 0.761. The highest BCUT2D eigenvalue weighted by Crippen LogP contribution is 2.14. The topological polar surface area (TPSA) is 26.3 Å². The lowest BCUT2D eigenvalue weighted by atomic mass is 10.1. The van der Waals surface area contributed by atoms with Crippen LogP contribution in [0.25, 0.3) is 6.08 Å². The Bertz CT molecular complexity index is 598. The summed E-state index contributed by atoms with van der Waals surface area (Å²) in [4.78, 5) is 12.0. The second kappa shape index (κ2) is 7.06. The van der Waals surface area contributed by atoms with E-state index in [1.54, 1.807) is 18.2 Å². The maximum atomic E-state index is 12.0. The maximum Gasteiger partial charge on any atom is 0.185 e. The summed E-state index contributed by atoms with van der Waals surface area (Å²) in [6.45, 7) is 2.55. The third-order valence-electron chi connectivity index (χ3n) is 2.75. The lowest BCUT2D eigenvalue weighted by Crippen LogP contribution is -1.95. The van der Waals surface area contributed by atoms with E-state index in [2.05, 4.69) is 15.9 Å². The van der Waals surface area contributed by atoms with Gasteiger partial charge in [-0.05, 0) is 55.0 Å². The van der Waals surface area contributed by atoms with Crippen LogP contribution >= 0.6 is 15.9 Å². The molecule has 0 radical (unpaired) electrons. The summed E-state index contributed by atoms with van der Waals surface area (Å²) in [7, 11) is 0. The number of carbonyl (C=O) groups is 1. The molecule has 0 N–H and O–H groups in total. The van der Waals surface area contributed by atoms with E-state index < -0.39 is 0 Å². The summed E-state index contributed by atoms with van der Waals surface area (Å²) in [6.07, 6.45) is 3.39. The van der Waals surface area contributed by atoms with Gasteiger partial charge in [-0.25, -0.2) is 0 Å². The smallest absolute Gasteiger partial charge is 0.185 e. The second-order valence-corrected chi connectivity index (χ2v) is 5.12. The van der Waals surface area contributed by atoms with Gasteiger partial charge in [-0.3, -0.25) is 4.79 Å². The molecule has 0 aliphatic rings. The van der Waals surface area contributed by atoms with E-state index in [0.717, 1.165) is 15.8 Å². The van der Waals surface area contributed by atoms with Crippen molar-refractivity contribution in [2.24, 2.45) is 0 Å². The Morgan fingerprint density at radius 1 is 1.10 bits per heavy atom. The number of benzene rings is 2. The summed E-state index contributed by atoms with van der Waals surface area (Å²) >= 11 is 3.38. The molecule has 0 aromatic heterocycles. The minimum Gasteiger partial charge on any atom is -0.494 e. The van der Waals surface area contributed by atoms with Crippen molar-refractivity contribution in [3.8, 4) is 5.75 Å². The minimum absolute atomic E-state index is 0.0176. The molecular weight excluding hydrogens is 316 g/mol. The van der Waals surface area contributed by atoms with Gasteiger partial charge in [-0.15, -0.1) is 0 Å². The quantitative estimate of drug-likeness (QED) is 0.584. The average molecular weight is 331 g/mol. The van der Waals surface area contributed by atoms with Gasteiger partial charge in [-0.1, -0.05) is 34.1 Å². The Labute approximate surface area is 127 Å². The molecule has 0 fully saturated rings. The molecule has 0 bridgehead atoms. The fourth-order valence-electron chi connectivity index (χ4n) is 1.72. The van der Waals surface area contributed by atoms with Crippen LogP contribution < -0.4 is 4.74 Å². The molecule has 0 atom stereocenters.